The molecule has 0 unspecified atom stereocenters. The standard InChI is InChI=1S/C13H16N4O/c1-17(9-13(14)16-18)8-11-7-6-10-4-2-3-5-12(10)15-11/h2-7,18H,8-9H2,1H3,(H2,14,16). The Labute approximate surface area is 106 Å². The second kappa shape index (κ2) is 5.46. The number of benzene rings is 1. The highest BCUT2D eigenvalue weighted by atomic mass is 16.4. The number of nitrogens with two attached hydrogens (primary N) is 1. The summed E-state index contributed by atoms with van der Waals surface area (Å²) >= 11 is 0. The Hall–Kier alpha value is -2.14. The average Bonchev–Trinajstić information content (AvgIpc) is 2.38. The third-order valence-corrected chi connectivity index (χ3v) is 2.65. The third kappa shape index (κ3) is 2.95. The molecule has 0 bridgehead atoms. The largest absolute Gasteiger partial charge is 0.409 e. The van der Waals surface area contributed by atoms with Crippen LogP contribution in [0.3, 0.4) is 0 Å². The summed E-state index contributed by atoms with van der Waals surface area (Å²) < 4.78 is 0. The van der Waals surface area contributed by atoms with Crippen LogP contribution in [0, 0.1) is 0 Å². The van der Waals surface area contributed by atoms with Crippen LogP contribution < -0.4 is 5.73 Å². The first kappa shape index (κ1) is 12.3. The fourth-order valence-corrected chi connectivity index (χ4v) is 1.84. The zero-order valence-corrected chi connectivity index (χ0v) is 10.2. The second-order valence-electron chi connectivity index (χ2n) is 4.26. The Morgan fingerprint density at radius 3 is 2.89 bits per heavy atom. The van der Waals surface area contributed by atoms with Gasteiger partial charge in [-0.1, -0.05) is 29.4 Å². The number of para-hydroxylation sites is 1. The number of hydrogen-bond donors (Lipinski definition) is 2. The lowest BCUT2D eigenvalue weighted by Crippen LogP contribution is -2.30. The van der Waals surface area contributed by atoms with Crippen LogP contribution in [0.25, 0.3) is 10.9 Å². The number of amidine groups is 1. The van der Waals surface area contributed by atoms with E-state index in [0.717, 1.165) is 16.6 Å². The highest BCUT2D eigenvalue weighted by Crippen LogP contribution is 2.12. The number of aromatic nitrogens is 1. The molecule has 2 aromatic rings. The fraction of sp³-hybridized carbons (Fsp3) is 0.231. The van der Waals surface area contributed by atoms with Crippen molar-refractivity contribution in [3.8, 4) is 0 Å². The van der Waals surface area contributed by atoms with E-state index in [4.69, 9.17) is 10.9 Å². The van der Waals surface area contributed by atoms with Crippen molar-refractivity contribution in [3.63, 3.8) is 0 Å². The smallest absolute Gasteiger partial charge is 0.153 e. The van der Waals surface area contributed by atoms with Crippen molar-refractivity contribution in [2.75, 3.05) is 13.6 Å². The monoisotopic (exact) mass is 244 g/mol. The Kier molecular flexibility index (Phi) is 3.74. The van der Waals surface area contributed by atoms with Crippen LogP contribution in [-0.2, 0) is 6.54 Å². The van der Waals surface area contributed by atoms with Crippen LogP contribution in [0.15, 0.2) is 41.6 Å². The molecule has 0 saturated heterocycles. The van der Waals surface area contributed by atoms with Gasteiger partial charge in [0.25, 0.3) is 0 Å². The summed E-state index contributed by atoms with van der Waals surface area (Å²) in [6, 6.07) is 12.0. The minimum atomic E-state index is 0.193. The molecule has 0 aliphatic carbocycles. The van der Waals surface area contributed by atoms with E-state index in [1.807, 2.05) is 42.3 Å². The topological polar surface area (TPSA) is 74.7 Å². The highest BCUT2D eigenvalue weighted by Gasteiger charge is 2.04. The van der Waals surface area contributed by atoms with Crippen LogP contribution in [0.2, 0.25) is 0 Å². The Morgan fingerprint density at radius 2 is 2.11 bits per heavy atom. The van der Waals surface area contributed by atoms with Gasteiger partial charge in [0.15, 0.2) is 5.84 Å². The summed E-state index contributed by atoms with van der Waals surface area (Å²) in [5.41, 5.74) is 7.40. The molecule has 0 aliphatic rings. The molecule has 0 fully saturated rings. The number of fused-ring (bicyclic) bond motifs is 1. The molecule has 0 radical (unpaired) electrons. The number of likely N-dealkylation sites (N-methyl/N-ethyl adjacent to an activating group) is 1. The first-order valence-corrected chi connectivity index (χ1v) is 5.68. The zero-order valence-electron chi connectivity index (χ0n) is 10.2. The van der Waals surface area contributed by atoms with Crippen molar-refractivity contribution in [3.05, 3.63) is 42.1 Å². The normalized spacial score (nSPS) is 12.2. The first-order chi connectivity index (χ1) is 8.69. The Balaban J connectivity index is 2.12. The molecule has 0 amide bonds. The second-order valence-corrected chi connectivity index (χ2v) is 4.26. The van der Waals surface area contributed by atoms with E-state index in [9.17, 15) is 0 Å². The predicted octanol–water partition coefficient (Wildman–Crippen LogP) is 1.41. The molecule has 18 heavy (non-hydrogen) atoms. The molecule has 2 rings (SSSR count). The molecule has 94 valence electrons. The van der Waals surface area contributed by atoms with E-state index >= 15 is 0 Å². The number of oxime groups is 1. The summed E-state index contributed by atoms with van der Waals surface area (Å²) in [6.45, 7) is 1.06. The molecular weight excluding hydrogens is 228 g/mol. The Morgan fingerprint density at radius 1 is 1.33 bits per heavy atom. The molecule has 1 aromatic carbocycles. The van der Waals surface area contributed by atoms with Gasteiger partial charge in [0, 0.05) is 11.9 Å². The van der Waals surface area contributed by atoms with Gasteiger partial charge in [-0.2, -0.15) is 0 Å². The number of hydrogen-bond acceptors (Lipinski definition) is 4. The summed E-state index contributed by atoms with van der Waals surface area (Å²) in [6.07, 6.45) is 0. The minimum absolute atomic E-state index is 0.193. The molecule has 0 aliphatic heterocycles. The summed E-state index contributed by atoms with van der Waals surface area (Å²) in [5, 5.41) is 12.6. The molecule has 1 aromatic heterocycles. The fourth-order valence-electron chi connectivity index (χ4n) is 1.84. The van der Waals surface area contributed by atoms with E-state index in [-0.39, 0.29) is 5.84 Å². The molecular formula is C13H16N4O. The summed E-state index contributed by atoms with van der Waals surface area (Å²) in [4.78, 5) is 6.50. The predicted molar refractivity (Wildman–Crippen MR) is 71.5 cm³/mol. The van der Waals surface area contributed by atoms with Crippen molar-refractivity contribution in [2.24, 2.45) is 10.9 Å². The SMILES string of the molecule is CN(CC(N)=NO)Cc1ccc2ccccc2n1. The van der Waals surface area contributed by atoms with E-state index in [1.165, 1.54) is 0 Å². The number of rotatable bonds is 4. The van der Waals surface area contributed by atoms with Crippen LogP contribution in [0.4, 0.5) is 0 Å². The van der Waals surface area contributed by atoms with E-state index in [2.05, 4.69) is 16.2 Å². The van der Waals surface area contributed by atoms with Gasteiger partial charge >= 0.3 is 0 Å². The van der Waals surface area contributed by atoms with Gasteiger partial charge < -0.3 is 10.9 Å². The Bertz CT molecular complexity index is 568. The lowest BCUT2D eigenvalue weighted by atomic mass is 10.2. The third-order valence-electron chi connectivity index (χ3n) is 2.65. The molecule has 0 saturated carbocycles. The van der Waals surface area contributed by atoms with Crippen LogP contribution >= 0.6 is 0 Å². The van der Waals surface area contributed by atoms with Gasteiger partial charge in [-0.15, -0.1) is 0 Å². The maximum absolute atomic E-state index is 8.51. The van der Waals surface area contributed by atoms with Crippen LogP contribution in [-0.4, -0.2) is 34.5 Å². The first-order valence-electron chi connectivity index (χ1n) is 5.68. The van der Waals surface area contributed by atoms with E-state index in [0.29, 0.717) is 13.1 Å². The average molecular weight is 244 g/mol. The zero-order chi connectivity index (χ0) is 13.0. The van der Waals surface area contributed by atoms with Gasteiger partial charge in [-0.3, -0.25) is 9.88 Å². The van der Waals surface area contributed by atoms with Crippen molar-refractivity contribution in [1.82, 2.24) is 9.88 Å². The molecule has 3 N–H and O–H groups in total. The van der Waals surface area contributed by atoms with Gasteiger partial charge in [-0.05, 0) is 19.2 Å². The lowest BCUT2D eigenvalue weighted by molar-refractivity contribution is 0.307. The van der Waals surface area contributed by atoms with Crippen molar-refractivity contribution in [1.29, 1.82) is 0 Å². The minimum Gasteiger partial charge on any atom is -0.409 e. The van der Waals surface area contributed by atoms with Crippen molar-refractivity contribution < 1.29 is 5.21 Å². The van der Waals surface area contributed by atoms with Crippen molar-refractivity contribution in [2.45, 2.75) is 6.54 Å². The number of nitrogens with zero attached hydrogens (tertiary/aromatic N) is 3. The molecule has 0 atom stereocenters. The van der Waals surface area contributed by atoms with E-state index < -0.39 is 0 Å². The molecule has 5 heteroatoms. The van der Waals surface area contributed by atoms with Gasteiger partial charge in [0.05, 0.1) is 17.8 Å². The maximum atomic E-state index is 8.51. The highest BCUT2D eigenvalue weighted by molar-refractivity contribution is 5.81. The van der Waals surface area contributed by atoms with Crippen molar-refractivity contribution >= 4 is 16.7 Å². The van der Waals surface area contributed by atoms with Gasteiger partial charge in [0.1, 0.15) is 0 Å². The molecule has 0 spiro atoms. The molecule has 1 heterocycles. The van der Waals surface area contributed by atoms with Crippen LogP contribution in [0.1, 0.15) is 5.69 Å². The van der Waals surface area contributed by atoms with Gasteiger partial charge in [0.2, 0.25) is 0 Å². The summed E-state index contributed by atoms with van der Waals surface area (Å²) in [5.74, 6) is 0.193. The van der Waals surface area contributed by atoms with Crippen LogP contribution in [0.5, 0.6) is 0 Å². The van der Waals surface area contributed by atoms with E-state index in [1.54, 1.807) is 0 Å². The quantitative estimate of drug-likeness (QED) is 0.369. The lowest BCUT2D eigenvalue weighted by Gasteiger charge is -2.15. The summed E-state index contributed by atoms with van der Waals surface area (Å²) in [7, 11) is 1.90. The van der Waals surface area contributed by atoms with Gasteiger partial charge in [-0.25, -0.2) is 0 Å². The molecule has 5 nitrogen and oxygen atoms in total. The maximum Gasteiger partial charge on any atom is 0.153 e. The number of pyridine rings is 1.